The minimum absolute atomic E-state index is 0.0629. The molecular weight excluding hydrogens is 397 g/mol. The minimum Gasteiger partial charge on any atom is -0.391 e. The second kappa shape index (κ2) is 8.16. The first-order valence-corrected chi connectivity index (χ1v) is 9.73. The highest BCUT2D eigenvalue weighted by atomic mass is 19.4. The van der Waals surface area contributed by atoms with Crippen LogP contribution in [0.15, 0.2) is 42.9 Å². The fourth-order valence-electron chi connectivity index (χ4n) is 3.82. The zero-order valence-electron chi connectivity index (χ0n) is 16.1. The fraction of sp³-hybridized carbons (Fsp3) is 0.381. The number of nitrogens with one attached hydrogen (secondary N) is 1. The lowest BCUT2D eigenvalue weighted by molar-refractivity contribution is -0.137. The zero-order chi connectivity index (χ0) is 21.3. The van der Waals surface area contributed by atoms with Gasteiger partial charge in [0.25, 0.3) is 0 Å². The van der Waals surface area contributed by atoms with E-state index in [0.717, 1.165) is 25.1 Å². The summed E-state index contributed by atoms with van der Waals surface area (Å²) >= 11 is 0. The lowest BCUT2D eigenvalue weighted by Gasteiger charge is -2.28. The van der Waals surface area contributed by atoms with Gasteiger partial charge in [0, 0.05) is 24.2 Å². The van der Waals surface area contributed by atoms with Crippen molar-refractivity contribution in [1.29, 1.82) is 0 Å². The van der Waals surface area contributed by atoms with Crippen LogP contribution < -0.4 is 5.32 Å². The lowest BCUT2D eigenvalue weighted by Crippen LogP contribution is -2.46. The molecule has 0 spiro atoms. The Morgan fingerprint density at radius 2 is 2.10 bits per heavy atom. The Hall–Kier alpha value is -2.78. The molecule has 0 saturated carbocycles. The quantitative estimate of drug-likeness (QED) is 0.665. The van der Waals surface area contributed by atoms with Crippen LogP contribution in [0.5, 0.6) is 0 Å². The van der Waals surface area contributed by atoms with Crippen LogP contribution in [0.25, 0.3) is 22.3 Å². The number of fused-ring (bicyclic) bond motifs is 1. The molecule has 1 aliphatic heterocycles. The van der Waals surface area contributed by atoms with Crippen LogP contribution in [0.2, 0.25) is 0 Å². The number of hydrogen-bond acceptors (Lipinski definition) is 5. The lowest BCUT2D eigenvalue weighted by atomic mass is 9.97. The molecule has 4 rings (SSSR count). The molecule has 2 aromatic heterocycles. The highest BCUT2D eigenvalue weighted by Gasteiger charge is 2.31. The topological polar surface area (TPSA) is 80.0 Å². The Balaban J connectivity index is 1.59. The maximum atomic E-state index is 13.1. The summed E-state index contributed by atoms with van der Waals surface area (Å²) in [6.07, 6.45) is -0.258. The van der Waals surface area contributed by atoms with Crippen molar-refractivity contribution in [2.24, 2.45) is 0 Å². The van der Waals surface area contributed by atoms with Crippen molar-refractivity contribution in [3.8, 4) is 11.3 Å². The molecule has 9 heteroatoms. The number of hydrogen-bond donors (Lipinski definition) is 2. The van der Waals surface area contributed by atoms with Gasteiger partial charge in [-0.25, -0.2) is 4.98 Å². The number of benzene rings is 1. The van der Waals surface area contributed by atoms with E-state index >= 15 is 0 Å². The van der Waals surface area contributed by atoms with E-state index in [1.807, 2.05) is 0 Å². The summed E-state index contributed by atoms with van der Waals surface area (Å²) in [5.41, 5.74) is 0.922. The summed E-state index contributed by atoms with van der Waals surface area (Å²) in [6, 6.07) is 6.36. The Bertz CT molecular complexity index is 1060. The number of aromatic nitrogens is 3. The number of rotatable bonds is 5. The van der Waals surface area contributed by atoms with E-state index in [-0.39, 0.29) is 24.8 Å². The number of carbonyl (C=O) groups excluding carboxylic acids is 1. The van der Waals surface area contributed by atoms with Crippen LogP contribution in [-0.4, -0.2) is 44.1 Å². The number of aliphatic hydroxyl groups is 1. The number of nitrogens with zero attached hydrogens (tertiary/aromatic N) is 3. The van der Waals surface area contributed by atoms with Gasteiger partial charge in [-0.2, -0.15) is 13.2 Å². The van der Waals surface area contributed by atoms with Gasteiger partial charge in [-0.05, 0) is 37.6 Å². The van der Waals surface area contributed by atoms with Gasteiger partial charge in [-0.3, -0.25) is 9.78 Å². The smallest absolute Gasteiger partial charge is 0.391 e. The van der Waals surface area contributed by atoms with E-state index in [9.17, 15) is 23.1 Å². The van der Waals surface area contributed by atoms with Crippen molar-refractivity contribution in [2.45, 2.75) is 44.1 Å². The molecular formula is C21H21F3N4O2. The average Bonchev–Trinajstić information content (AvgIpc) is 3.12. The molecule has 1 aromatic carbocycles. The predicted octanol–water partition coefficient (Wildman–Crippen LogP) is 3.19. The van der Waals surface area contributed by atoms with Crippen molar-refractivity contribution in [2.75, 3.05) is 6.54 Å². The minimum atomic E-state index is -4.45. The van der Waals surface area contributed by atoms with Gasteiger partial charge < -0.3 is 15.0 Å². The van der Waals surface area contributed by atoms with E-state index in [1.54, 1.807) is 16.7 Å². The zero-order valence-corrected chi connectivity index (χ0v) is 16.1. The van der Waals surface area contributed by atoms with Crippen LogP contribution >= 0.6 is 0 Å². The maximum Gasteiger partial charge on any atom is 0.416 e. The Kier molecular flexibility index (Phi) is 5.57. The normalized spacial score (nSPS) is 19.9. The number of Topliss-reactive ketones (excluding diaryl/α,β-unsaturated/α-hetero) is 1. The molecule has 0 unspecified atom stereocenters. The van der Waals surface area contributed by atoms with Gasteiger partial charge in [-0.15, -0.1) is 0 Å². The largest absolute Gasteiger partial charge is 0.416 e. The maximum absolute atomic E-state index is 13.1. The van der Waals surface area contributed by atoms with E-state index < -0.39 is 17.8 Å². The van der Waals surface area contributed by atoms with Crippen LogP contribution in [0.4, 0.5) is 13.2 Å². The monoisotopic (exact) mass is 418 g/mol. The van der Waals surface area contributed by atoms with Crippen molar-refractivity contribution in [3.63, 3.8) is 0 Å². The van der Waals surface area contributed by atoms with Gasteiger partial charge in [0.15, 0.2) is 5.78 Å². The molecule has 1 saturated heterocycles. The molecule has 0 amide bonds. The number of alkyl halides is 3. The predicted molar refractivity (Wildman–Crippen MR) is 105 cm³/mol. The summed E-state index contributed by atoms with van der Waals surface area (Å²) < 4.78 is 40.9. The molecule has 1 aliphatic rings. The summed E-state index contributed by atoms with van der Waals surface area (Å²) in [5, 5.41) is 13.2. The van der Waals surface area contributed by atoms with Crippen molar-refractivity contribution in [1.82, 2.24) is 19.9 Å². The standard InChI is InChI=1S/C21H21F3N4O2/c22-21(23,24)14-4-1-3-13(9-14)19-20-17(6-8-26-19)28(12-27-20)11-15(29)10-16-18(30)5-2-7-25-16/h1,3-4,6,8-9,12,16,18,25,30H,2,5,7,10-11H2/t16-,18+/m1/s1. The van der Waals surface area contributed by atoms with Crippen molar-refractivity contribution >= 4 is 16.8 Å². The highest BCUT2D eigenvalue weighted by molar-refractivity contribution is 5.90. The van der Waals surface area contributed by atoms with E-state index in [2.05, 4.69) is 15.3 Å². The highest BCUT2D eigenvalue weighted by Crippen LogP contribution is 2.33. The summed E-state index contributed by atoms with van der Waals surface area (Å²) in [5.74, 6) is -0.0646. The van der Waals surface area contributed by atoms with Gasteiger partial charge in [0.2, 0.25) is 0 Å². The number of imidazole rings is 1. The van der Waals surface area contributed by atoms with Crippen LogP contribution in [0, 0.1) is 0 Å². The molecule has 2 atom stereocenters. The van der Waals surface area contributed by atoms with E-state index in [4.69, 9.17) is 0 Å². The summed E-state index contributed by atoms with van der Waals surface area (Å²) in [4.78, 5) is 21.1. The van der Waals surface area contributed by atoms with E-state index in [0.29, 0.717) is 28.7 Å². The Morgan fingerprint density at radius 1 is 1.27 bits per heavy atom. The molecule has 2 N–H and O–H groups in total. The van der Waals surface area contributed by atoms with Crippen LogP contribution in [0.1, 0.15) is 24.8 Å². The first-order valence-electron chi connectivity index (χ1n) is 9.73. The molecule has 0 radical (unpaired) electrons. The third kappa shape index (κ3) is 4.22. The third-order valence-electron chi connectivity index (χ3n) is 5.34. The van der Waals surface area contributed by atoms with Gasteiger partial charge in [0.1, 0.15) is 5.52 Å². The van der Waals surface area contributed by atoms with E-state index in [1.165, 1.54) is 18.6 Å². The molecule has 3 heterocycles. The average molecular weight is 418 g/mol. The first-order chi connectivity index (χ1) is 14.3. The fourth-order valence-corrected chi connectivity index (χ4v) is 3.82. The molecule has 6 nitrogen and oxygen atoms in total. The number of ketones is 1. The molecule has 0 bridgehead atoms. The second-order valence-corrected chi connectivity index (χ2v) is 7.49. The number of piperidine rings is 1. The van der Waals surface area contributed by atoms with Crippen LogP contribution in [0.3, 0.4) is 0 Å². The molecule has 30 heavy (non-hydrogen) atoms. The first kappa shape index (κ1) is 20.5. The number of aliphatic hydroxyl groups excluding tert-OH is 1. The number of pyridine rings is 1. The SMILES string of the molecule is O=C(C[C@H]1NCCC[C@@H]1O)Cn1cnc2c(-c3cccc(C(F)(F)F)c3)nccc21. The van der Waals surface area contributed by atoms with Crippen molar-refractivity contribution in [3.05, 3.63) is 48.4 Å². The molecule has 0 aliphatic carbocycles. The van der Waals surface area contributed by atoms with Crippen molar-refractivity contribution < 1.29 is 23.1 Å². The molecule has 3 aromatic rings. The van der Waals surface area contributed by atoms with Gasteiger partial charge in [-0.1, -0.05) is 12.1 Å². The van der Waals surface area contributed by atoms with Gasteiger partial charge in [0.05, 0.1) is 35.8 Å². The second-order valence-electron chi connectivity index (χ2n) is 7.49. The summed E-state index contributed by atoms with van der Waals surface area (Å²) in [7, 11) is 0. The van der Waals surface area contributed by atoms with Crippen LogP contribution in [-0.2, 0) is 17.5 Å². The Labute approximate surface area is 170 Å². The number of halogens is 3. The third-order valence-corrected chi connectivity index (χ3v) is 5.34. The Morgan fingerprint density at radius 3 is 2.87 bits per heavy atom. The summed E-state index contributed by atoms with van der Waals surface area (Å²) in [6.45, 7) is 0.836. The number of carbonyl (C=O) groups is 1. The van der Waals surface area contributed by atoms with Gasteiger partial charge >= 0.3 is 6.18 Å². The molecule has 1 fully saturated rings. The molecule has 158 valence electrons.